The van der Waals surface area contributed by atoms with Gasteiger partial charge in [0, 0.05) is 13.1 Å². The molecule has 7 heteroatoms. The molecule has 0 aliphatic carbocycles. The molecule has 1 saturated heterocycles. The summed E-state index contributed by atoms with van der Waals surface area (Å²) >= 11 is 1.27. The van der Waals surface area contributed by atoms with Crippen molar-refractivity contribution in [3.63, 3.8) is 0 Å². The summed E-state index contributed by atoms with van der Waals surface area (Å²) in [7, 11) is 0. The Labute approximate surface area is 117 Å². The normalized spacial score (nSPS) is 23.6. The molecule has 1 fully saturated rings. The van der Waals surface area contributed by atoms with Gasteiger partial charge in [0.05, 0.1) is 12.3 Å². The van der Waals surface area contributed by atoms with Crippen molar-refractivity contribution in [2.24, 2.45) is 17.6 Å². The summed E-state index contributed by atoms with van der Waals surface area (Å²) < 4.78 is 5.26. The van der Waals surface area contributed by atoms with Crippen LogP contribution in [-0.4, -0.2) is 39.8 Å². The number of hydrogen-bond donors (Lipinski definition) is 1. The Morgan fingerprint density at radius 1 is 1.42 bits per heavy atom. The fourth-order valence-corrected chi connectivity index (χ4v) is 3.14. The number of carbonyl (C=O) groups excluding carboxylic acids is 1. The summed E-state index contributed by atoms with van der Waals surface area (Å²) in [6.45, 7) is 6.30. The van der Waals surface area contributed by atoms with Gasteiger partial charge in [0.2, 0.25) is 11.8 Å². The lowest BCUT2D eigenvalue weighted by Gasteiger charge is -2.34. The molecule has 0 radical (unpaired) electrons. The van der Waals surface area contributed by atoms with Crippen molar-refractivity contribution in [3.05, 3.63) is 5.89 Å². The van der Waals surface area contributed by atoms with E-state index in [1.165, 1.54) is 18.2 Å². The minimum Gasteiger partial charge on any atom is -0.415 e. The molecule has 106 valence electrons. The highest BCUT2D eigenvalue weighted by Gasteiger charge is 2.25. The number of nitrogens with two attached hydrogens (primary N) is 1. The molecule has 1 aliphatic rings. The van der Waals surface area contributed by atoms with E-state index in [1.807, 2.05) is 4.90 Å². The van der Waals surface area contributed by atoms with Crippen molar-refractivity contribution in [2.75, 3.05) is 18.8 Å². The topological polar surface area (TPSA) is 85.2 Å². The average Bonchev–Trinajstić information content (AvgIpc) is 2.82. The van der Waals surface area contributed by atoms with E-state index in [2.05, 4.69) is 24.0 Å². The first-order valence-electron chi connectivity index (χ1n) is 6.51. The zero-order chi connectivity index (χ0) is 13.8. The number of aromatic nitrogens is 2. The van der Waals surface area contributed by atoms with Gasteiger partial charge in [-0.15, -0.1) is 10.2 Å². The number of hydrogen-bond acceptors (Lipinski definition) is 6. The van der Waals surface area contributed by atoms with E-state index in [4.69, 9.17) is 10.2 Å². The van der Waals surface area contributed by atoms with E-state index in [1.54, 1.807) is 0 Å². The Kier molecular flexibility index (Phi) is 4.81. The molecular weight excluding hydrogens is 264 g/mol. The van der Waals surface area contributed by atoms with Crippen molar-refractivity contribution in [1.82, 2.24) is 15.1 Å². The number of rotatable bonds is 4. The Balaban J connectivity index is 1.83. The molecule has 0 spiro atoms. The third-order valence-electron chi connectivity index (χ3n) is 3.16. The molecule has 1 aliphatic heterocycles. The molecule has 2 N–H and O–H groups in total. The van der Waals surface area contributed by atoms with Gasteiger partial charge < -0.3 is 15.1 Å². The highest BCUT2D eigenvalue weighted by Crippen LogP contribution is 2.23. The number of amides is 1. The summed E-state index contributed by atoms with van der Waals surface area (Å²) in [5.41, 5.74) is 5.39. The van der Waals surface area contributed by atoms with E-state index < -0.39 is 0 Å². The second-order valence-corrected chi connectivity index (χ2v) is 6.13. The first-order chi connectivity index (χ1) is 9.08. The van der Waals surface area contributed by atoms with Crippen molar-refractivity contribution >= 4 is 17.7 Å². The quantitative estimate of drug-likeness (QED) is 0.834. The molecule has 19 heavy (non-hydrogen) atoms. The van der Waals surface area contributed by atoms with Crippen LogP contribution in [0.2, 0.25) is 0 Å². The van der Waals surface area contributed by atoms with Crippen LogP contribution < -0.4 is 5.73 Å². The fourth-order valence-electron chi connectivity index (χ4n) is 2.46. The summed E-state index contributed by atoms with van der Waals surface area (Å²) in [6.07, 6.45) is 1.19. The lowest BCUT2D eigenvalue weighted by atomic mass is 9.92. The predicted octanol–water partition coefficient (Wildman–Crippen LogP) is 1.12. The number of likely N-dealkylation sites (tertiary alicyclic amines) is 1. The Hall–Kier alpha value is -1.08. The fraction of sp³-hybridized carbons (Fsp3) is 0.750. The maximum Gasteiger partial charge on any atom is 0.277 e. The van der Waals surface area contributed by atoms with E-state index in [-0.39, 0.29) is 12.5 Å². The molecular formula is C12H20N4O2S. The third-order valence-corrected chi connectivity index (χ3v) is 3.97. The van der Waals surface area contributed by atoms with Gasteiger partial charge in [-0.1, -0.05) is 25.6 Å². The van der Waals surface area contributed by atoms with Crippen LogP contribution in [0.15, 0.2) is 9.64 Å². The van der Waals surface area contributed by atoms with E-state index in [9.17, 15) is 4.79 Å². The standard InChI is InChI=1S/C12H20N4O2S/c1-8-3-9(2)6-16(5-8)11(17)7-19-12-15-14-10(4-13)18-12/h8-9H,3-7,13H2,1-2H3. The zero-order valence-corrected chi connectivity index (χ0v) is 12.2. The molecule has 6 nitrogen and oxygen atoms in total. The average molecular weight is 284 g/mol. The molecule has 1 amide bonds. The Morgan fingerprint density at radius 2 is 2.11 bits per heavy atom. The van der Waals surface area contributed by atoms with Crippen molar-refractivity contribution in [3.8, 4) is 0 Å². The minimum absolute atomic E-state index is 0.135. The van der Waals surface area contributed by atoms with Crippen LogP contribution >= 0.6 is 11.8 Å². The molecule has 2 rings (SSSR count). The largest absolute Gasteiger partial charge is 0.415 e. The molecule has 1 aromatic heterocycles. The Bertz CT molecular complexity index is 427. The predicted molar refractivity (Wildman–Crippen MR) is 72.4 cm³/mol. The lowest BCUT2D eigenvalue weighted by Crippen LogP contribution is -2.43. The van der Waals surface area contributed by atoms with E-state index >= 15 is 0 Å². The first kappa shape index (κ1) is 14.3. The second-order valence-electron chi connectivity index (χ2n) is 5.20. The van der Waals surface area contributed by atoms with Gasteiger partial charge in [-0.25, -0.2) is 0 Å². The number of nitrogens with zero attached hydrogens (tertiary/aromatic N) is 3. The third kappa shape index (κ3) is 3.94. The van der Waals surface area contributed by atoms with Crippen molar-refractivity contribution in [1.29, 1.82) is 0 Å². The van der Waals surface area contributed by atoms with Gasteiger partial charge in [0.1, 0.15) is 0 Å². The monoisotopic (exact) mass is 284 g/mol. The molecule has 1 aromatic rings. The SMILES string of the molecule is CC1CC(C)CN(C(=O)CSc2nnc(CN)o2)C1. The van der Waals surface area contributed by atoms with Crippen LogP contribution in [-0.2, 0) is 11.3 Å². The van der Waals surface area contributed by atoms with Gasteiger partial charge in [0.15, 0.2) is 0 Å². The summed E-state index contributed by atoms with van der Waals surface area (Å²) in [5.74, 6) is 2.02. The van der Waals surface area contributed by atoms with E-state index in [0.29, 0.717) is 28.7 Å². The van der Waals surface area contributed by atoms with Gasteiger partial charge in [0.25, 0.3) is 5.22 Å². The van der Waals surface area contributed by atoms with Crippen LogP contribution in [0.1, 0.15) is 26.2 Å². The summed E-state index contributed by atoms with van der Waals surface area (Å²) in [6, 6.07) is 0. The highest BCUT2D eigenvalue weighted by atomic mass is 32.2. The highest BCUT2D eigenvalue weighted by molar-refractivity contribution is 7.99. The molecule has 0 saturated carbocycles. The lowest BCUT2D eigenvalue weighted by molar-refractivity contribution is -0.130. The molecule has 0 aromatic carbocycles. The van der Waals surface area contributed by atoms with Gasteiger partial charge in [-0.05, 0) is 18.3 Å². The first-order valence-corrected chi connectivity index (χ1v) is 7.50. The number of piperidine rings is 1. The molecule has 2 unspecified atom stereocenters. The van der Waals surface area contributed by atoms with Gasteiger partial charge in [-0.3, -0.25) is 4.79 Å². The summed E-state index contributed by atoms with van der Waals surface area (Å²) in [5, 5.41) is 8.00. The maximum atomic E-state index is 12.1. The maximum absolute atomic E-state index is 12.1. The second kappa shape index (κ2) is 6.38. The molecule has 2 atom stereocenters. The minimum atomic E-state index is 0.135. The van der Waals surface area contributed by atoms with Crippen LogP contribution in [0.3, 0.4) is 0 Å². The van der Waals surface area contributed by atoms with E-state index in [0.717, 1.165) is 13.1 Å². The van der Waals surface area contributed by atoms with Crippen LogP contribution in [0.5, 0.6) is 0 Å². The van der Waals surface area contributed by atoms with Crippen molar-refractivity contribution < 1.29 is 9.21 Å². The Morgan fingerprint density at radius 3 is 2.68 bits per heavy atom. The number of thioether (sulfide) groups is 1. The van der Waals surface area contributed by atoms with Crippen LogP contribution in [0, 0.1) is 11.8 Å². The van der Waals surface area contributed by atoms with Gasteiger partial charge >= 0.3 is 0 Å². The van der Waals surface area contributed by atoms with Crippen LogP contribution in [0.4, 0.5) is 0 Å². The van der Waals surface area contributed by atoms with Crippen LogP contribution in [0.25, 0.3) is 0 Å². The van der Waals surface area contributed by atoms with Gasteiger partial charge in [-0.2, -0.15) is 0 Å². The number of carbonyl (C=O) groups is 1. The molecule has 0 bridgehead atoms. The van der Waals surface area contributed by atoms with Crippen molar-refractivity contribution in [2.45, 2.75) is 32.0 Å². The smallest absolute Gasteiger partial charge is 0.277 e. The zero-order valence-electron chi connectivity index (χ0n) is 11.3. The summed E-state index contributed by atoms with van der Waals surface area (Å²) in [4.78, 5) is 14.1. The molecule has 2 heterocycles.